The number of nitrogens with zero attached hydrogens (tertiary/aromatic N) is 2. The van der Waals surface area contributed by atoms with Gasteiger partial charge in [-0.25, -0.2) is 4.79 Å². The van der Waals surface area contributed by atoms with E-state index in [1.54, 1.807) is 24.5 Å². The molecule has 0 saturated heterocycles. The molecule has 114 valence electrons. The van der Waals surface area contributed by atoms with Crippen molar-refractivity contribution in [1.82, 2.24) is 9.97 Å². The number of hydrogen-bond acceptors (Lipinski definition) is 4. The third-order valence-electron chi connectivity index (χ3n) is 3.41. The molecule has 0 aliphatic carbocycles. The van der Waals surface area contributed by atoms with Crippen LogP contribution in [0, 0.1) is 10.1 Å². The number of benzene rings is 1. The van der Waals surface area contributed by atoms with E-state index in [-0.39, 0.29) is 11.3 Å². The molecular formula is C16H11N3O4. The Labute approximate surface area is 130 Å². The first-order chi connectivity index (χ1) is 11.1. The summed E-state index contributed by atoms with van der Waals surface area (Å²) in [6.07, 6.45) is 3.23. The minimum atomic E-state index is -1.07. The molecule has 23 heavy (non-hydrogen) atoms. The lowest BCUT2D eigenvalue weighted by Gasteiger charge is -2.01. The Hall–Kier alpha value is -3.48. The summed E-state index contributed by atoms with van der Waals surface area (Å²) in [6, 6.07) is 10.8. The zero-order valence-electron chi connectivity index (χ0n) is 11.8. The number of nitrogens with one attached hydrogen (secondary N) is 1. The van der Waals surface area contributed by atoms with E-state index in [0.29, 0.717) is 17.0 Å². The number of rotatable bonds is 4. The fraction of sp³-hybridized carbons (Fsp3) is 0. The van der Waals surface area contributed by atoms with Gasteiger partial charge in [0.15, 0.2) is 0 Å². The number of pyridine rings is 1. The predicted molar refractivity (Wildman–Crippen MR) is 83.1 cm³/mol. The van der Waals surface area contributed by atoms with Crippen molar-refractivity contribution in [2.24, 2.45) is 0 Å². The third-order valence-corrected chi connectivity index (χ3v) is 3.41. The lowest BCUT2D eigenvalue weighted by atomic mass is 10.1. The lowest BCUT2D eigenvalue weighted by Crippen LogP contribution is -1.96. The molecule has 2 aromatic heterocycles. The van der Waals surface area contributed by atoms with Gasteiger partial charge < -0.3 is 10.1 Å². The van der Waals surface area contributed by atoms with Gasteiger partial charge in [-0.1, -0.05) is 0 Å². The highest BCUT2D eigenvalue weighted by Crippen LogP contribution is 2.29. The Bertz CT molecular complexity index is 870. The van der Waals surface area contributed by atoms with Crippen LogP contribution in [-0.2, 0) is 0 Å². The van der Waals surface area contributed by atoms with Crippen LogP contribution in [0.5, 0.6) is 0 Å². The van der Waals surface area contributed by atoms with Gasteiger partial charge in [-0.3, -0.25) is 15.1 Å². The lowest BCUT2D eigenvalue weighted by molar-refractivity contribution is -0.384. The van der Waals surface area contributed by atoms with E-state index in [1.165, 1.54) is 30.3 Å². The van der Waals surface area contributed by atoms with Crippen molar-refractivity contribution in [3.05, 3.63) is 70.5 Å². The Balaban J connectivity index is 2.09. The van der Waals surface area contributed by atoms with Crippen molar-refractivity contribution in [3.8, 4) is 22.5 Å². The largest absolute Gasteiger partial charge is 0.478 e. The molecule has 0 bridgehead atoms. The summed E-state index contributed by atoms with van der Waals surface area (Å²) in [6.45, 7) is 0. The Morgan fingerprint density at radius 1 is 1.09 bits per heavy atom. The minimum Gasteiger partial charge on any atom is -0.478 e. The van der Waals surface area contributed by atoms with Crippen LogP contribution in [0.4, 0.5) is 5.69 Å². The van der Waals surface area contributed by atoms with Crippen LogP contribution in [0.3, 0.4) is 0 Å². The maximum atomic E-state index is 11.5. The van der Waals surface area contributed by atoms with Gasteiger partial charge in [0.1, 0.15) is 0 Å². The molecule has 0 spiro atoms. The number of carbonyl (C=O) groups is 1. The van der Waals surface area contributed by atoms with Gasteiger partial charge in [0.05, 0.1) is 16.2 Å². The van der Waals surface area contributed by atoms with Crippen molar-refractivity contribution in [1.29, 1.82) is 0 Å². The first-order valence-corrected chi connectivity index (χ1v) is 6.68. The molecule has 0 radical (unpaired) electrons. The minimum absolute atomic E-state index is 0.0495. The standard InChI is InChI=1S/C16H11N3O4/c20-16(21)13-9-14(10-5-7-17-8-6-10)18-15(13)11-1-3-12(4-2-11)19(22)23/h1-9,18H,(H,20,21). The van der Waals surface area contributed by atoms with Gasteiger partial charge in [-0.05, 0) is 35.9 Å². The molecule has 0 unspecified atom stereocenters. The maximum Gasteiger partial charge on any atom is 0.337 e. The van der Waals surface area contributed by atoms with Crippen molar-refractivity contribution < 1.29 is 14.8 Å². The summed E-state index contributed by atoms with van der Waals surface area (Å²) in [7, 11) is 0. The number of nitro groups is 1. The second-order valence-corrected chi connectivity index (χ2v) is 4.82. The number of nitro benzene ring substituents is 1. The van der Waals surface area contributed by atoms with E-state index in [2.05, 4.69) is 9.97 Å². The van der Waals surface area contributed by atoms with Crippen molar-refractivity contribution in [3.63, 3.8) is 0 Å². The Morgan fingerprint density at radius 2 is 1.74 bits per heavy atom. The quantitative estimate of drug-likeness (QED) is 0.567. The summed E-state index contributed by atoms with van der Waals surface area (Å²) < 4.78 is 0. The van der Waals surface area contributed by atoms with Crippen LogP contribution in [0.2, 0.25) is 0 Å². The second-order valence-electron chi connectivity index (χ2n) is 4.82. The van der Waals surface area contributed by atoms with Crippen molar-refractivity contribution in [2.45, 2.75) is 0 Å². The van der Waals surface area contributed by atoms with E-state index in [0.717, 1.165) is 5.56 Å². The van der Waals surface area contributed by atoms with E-state index in [4.69, 9.17) is 0 Å². The molecule has 0 atom stereocenters. The highest BCUT2D eigenvalue weighted by molar-refractivity contribution is 5.97. The number of carboxylic acid groups (broad SMARTS) is 1. The molecule has 1 aromatic carbocycles. The first-order valence-electron chi connectivity index (χ1n) is 6.68. The molecule has 0 aliphatic rings. The number of aromatic nitrogens is 2. The van der Waals surface area contributed by atoms with E-state index < -0.39 is 10.9 Å². The summed E-state index contributed by atoms with van der Waals surface area (Å²) in [5.74, 6) is -1.07. The smallest absolute Gasteiger partial charge is 0.337 e. The summed E-state index contributed by atoms with van der Waals surface area (Å²) >= 11 is 0. The molecule has 3 aromatic rings. The van der Waals surface area contributed by atoms with Gasteiger partial charge in [-0.15, -0.1) is 0 Å². The molecule has 0 saturated carbocycles. The van der Waals surface area contributed by atoms with Crippen LogP contribution in [0.1, 0.15) is 10.4 Å². The number of non-ortho nitro benzene ring substituents is 1. The van der Waals surface area contributed by atoms with Gasteiger partial charge in [0.2, 0.25) is 0 Å². The van der Waals surface area contributed by atoms with Gasteiger partial charge >= 0.3 is 5.97 Å². The number of H-pyrrole nitrogens is 1. The number of aromatic carboxylic acids is 1. The van der Waals surface area contributed by atoms with Crippen LogP contribution < -0.4 is 0 Å². The van der Waals surface area contributed by atoms with Crippen molar-refractivity contribution in [2.75, 3.05) is 0 Å². The highest BCUT2D eigenvalue weighted by atomic mass is 16.6. The fourth-order valence-corrected chi connectivity index (χ4v) is 2.29. The molecule has 2 N–H and O–H groups in total. The molecule has 7 heteroatoms. The van der Waals surface area contributed by atoms with Gasteiger partial charge in [0, 0.05) is 35.8 Å². The van der Waals surface area contributed by atoms with E-state index in [9.17, 15) is 20.0 Å². The predicted octanol–water partition coefficient (Wildman–Crippen LogP) is 3.35. The maximum absolute atomic E-state index is 11.5. The van der Waals surface area contributed by atoms with E-state index >= 15 is 0 Å². The molecule has 3 rings (SSSR count). The fourth-order valence-electron chi connectivity index (χ4n) is 2.29. The second kappa shape index (κ2) is 5.72. The number of carboxylic acids is 1. The molecule has 7 nitrogen and oxygen atoms in total. The van der Waals surface area contributed by atoms with Gasteiger partial charge in [-0.2, -0.15) is 0 Å². The third kappa shape index (κ3) is 2.80. The zero-order valence-corrected chi connectivity index (χ0v) is 11.8. The van der Waals surface area contributed by atoms with Crippen LogP contribution in [-0.4, -0.2) is 26.0 Å². The SMILES string of the molecule is O=C(O)c1cc(-c2ccncc2)[nH]c1-c1ccc([N+](=O)[O-])cc1. The van der Waals surface area contributed by atoms with E-state index in [1.807, 2.05) is 0 Å². The normalized spacial score (nSPS) is 10.4. The molecule has 0 aliphatic heterocycles. The van der Waals surface area contributed by atoms with Crippen LogP contribution >= 0.6 is 0 Å². The average molecular weight is 309 g/mol. The monoisotopic (exact) mass is 309 g/mol. The summed E-state index contributed by atoms with van der Waals surface area (Å²) in [5.41, 5.74) is 2.46. The number of aromatic amines is 1. The number of hydrogen-bond donors (Lipinski definition) is 2. The van der Waals surface area contributed by atoms with Crippen LogP contribution in [0.25, 0.3) is 22.5 Å². The molecular weight excluding hydrogens is 298 g/mol. The topological polar surface area (TPSA) is 109 Å². The van der Waals surface area contributed by atoms with Crippen molar-refractivity contribution >= 4 is 11.7 Å². The average Bonchev–Trinajstić information content (AvgIpc) is 3.01. The molecule has 0 fully saturated rings. The summed E-state index contributed by atoms with van der Waals surface area (Å²) in [5, 5.41) is 20.1. The molecule has 2 heterocycles. The van der Waals surface area contributed by atoms with Crippen LogP contribution in [0.15, 0.2) is 54.9 Å². The van der Waals surface area contributed by atoms with Gasteiger partial charge in [0.25, 0.3) is 5.69 Å². The Morgan fingerprint density at radius 3 is 2.30 bits per heavy atom. The Kier molecular flexibility index (Phi) is 3.60. The first kappa shape index (κ1) is 14.5. The highest BCUT2D eigenvalue weighted by Gasteiger charge is 2.17. The zero-order chi connectivity index (χ0) is 16.4. The molecule has 0 amide bonds. The summed E-state index contributed by atoms with van der Waals surface area (Å²) in [4.78, 5) is 28.7.